The summed E-state index contributed by atoms with van der Waals surface area (Å²) in [5.41, 5.74) is 0.657. The van der Waals surface area contributed by atoms with Gasteiger partial charge in [-0.3, -0.25) is 0 Å². The van der Waals surface area contributed by atoms with Crippen molar-refractivity contribution in [3.05, 3.63) is 34.6 Å². The maximum atomic E-state index is 13.2. The number of hydrogen-bond acceptors (Lipinski definition) is 0. The normalized spacial score (nSPS) is 11.8. The quantitative estimate of drug-likeness (QED) is 0.706. The van der Waals surface area contributed by atoms with E-state index in [9.17, 15) is 4.39 Å². The van der Waals surface area contributed by atoms with Crippen molar-refractivity contribution in [2.75, 3.05) is 11.8 Å². The third-order valence-corrected chi connectivity index (χ3v) is 3.86. The molecule has 0 atom stereocenters. The summed E-state index contributed by atoms with van der Waals surface area (Å²) in [6.45, 7) is 1.97. The Morgan fingerprint density at radius 1 is 1.27 bits per heavy atom. The van der Waals surface area contributed by atoms with Gasteiger partial charge in [0, 0.05) is 11.8 Å². The lowest BCUT2D eigenvalue weighted by atomic mass is 9.87. The third kappa shape index (κ3) is 3.51. The van der Waals surface area contributed by atoms with Gasteiger partial charge in [0.1, 0.15) is 5.82 Å². The molecule has 0 aliphatic carbocycles. The third-order valence-electron chi connectivity index (χ3n) is 2.26. The van der Waals surface area contributed by atoms with Crippen LogP contribution in [-0.2, 0) is 6.42 Å². The van der Waals surface area contributed by atoms with Crippen LogP contribution in [0.25, 0.3) is 0 Å². The highest BCUT2D eigenvalue weighted by molar-refractivity contribution is 6.30. The molecular weight excluding hydrogens is 257 g/mol. The van der Waals surface area contributed by atoms with Gasteiger partial charge in [-0.15, -0.1) is 23.2 Å². The lowest BCUT2D eigenvalue weighted by Gasteiger charge is -2.24. The number of rotatable bonds is 4. The second-order valence-electron chi connectivity index (χ2n) is 4.00. The first-order chi connectivity index (χ1) is 7.00. The monoisotopic (exact) mass is 268 g/mol. The van der Waals surface area contributed by atoms with Gasteiger partial charge in [0.05, 0.1) is 5.02 Å². The minimum Gasteiger partial charge on any atom is -0.205 e. The molecule has 1 aromatic carbocycles. The zero-order valence-corrected chi connectivity index (χ0v) is 10.6. The Labute approximate surface area is 104 Å². The average molecular weight is 270 g/mol. The molecule has 0 N–H and O–H groups in total. The lowest BCUT2D eigenvalue weighted by Crippen LogP contribution is -2.23. The summed E-state index contributed by atoms with van der Waals surface area (Å²) in [7, 11) is 0. The molecule has 84 valence electrons. The Balaban J connectivity index is 2.85. The van der Waals surface area contributed by atoms with Crippen LogP contribution < -0.4 is 0 Å². The van der Waals surface area contributed by atoms with E-state index in [2.05, 4.69) is 0 Å². The first kappa shape index (κ1) is 13.1. The van der Waals surface area contributed by atoms with Gasteiger partial charge < -0.3 is 0 Å². The zero-order chi connectivity index (χ0) is 11.5. The first-order valence-electron chi connectivity index (χ1n) is 4.56. The Hall–Kier alpha value is 0.0200. The Morgan fingerprint density at radius 3 is 2.33 bits per heavy atom. The van der Waals surface area contributed by atoms with Crippen LogP contribution in [0.3, 0.4) is 0 Å². The van der Waals surface area contributed by atoms with Crippen LogP contribution >= 0.6 is 34.8 Å². The predicted molar refractivity (Wildman–Crippen MR) is 64.7 cm³/mol. The predicted octanol–water partition coefficient (Wildman–Crippen LogP) is 4.51. The second-order valence-corrected chi connectivity index (χ2v) is 4.94. The molecular formula is C11H12Cl3F. The van der Waals surface area contributed by atoms with Crippen LogP contribution in [-0.4, -0.2) is 11.8 Å². The number of alkyl halides is 2. The van der Waals surface area contributed by atoms with Crippen molar-refractivity contribution >= 4 is 34.8 Å². The van der Waals surface area contributed by atoms with E-state index in [1.165, 1.54) is 6.07 Å². The molecule has 0 aliphatic heterocycles. The van der Waals surface area contributed by atoms with Gasteiger partial charge >= 0.3 is 0 Å². The highest BCUT2D eigenvalue weighted by atomic mass is 35.5. The largest absolute Gasteiger partial charge is 0.205 e. The molecule has 0 heterocycles. The zero-order valence-electron chi connectivity index (χ0n) is 8.37. The van der Waals surface area contributed by atoms with Crippen LogP contribution in [0.15, 0.2) is 18.2 Å². The number of benzene rings is 1. The summed E-state index contributed by atoms with van der Waals surface area (Å²) in [6.07, 6.45) is 0.647. The molecule has 0 aliphatic rings. The Morgan fingerprint density at radius 2 is 1.87 bits per heavy atom. The highest BCUT2D eigenvalue weighted by Crippen LogP contribution is 2.27. The fraction of sp³-hybridized carbons (Fsp3) is 0.455. The van der Waals surface area contributed by atoms with E-state index in [4.69, 9.17) is 34.8 Å². The van der Waals surface area contributed by atoms with Gasteiger partial charge in [-0.25, -0.2) is 4.39 Å². The van der Waals surface area contributed by atoms with Crippen molar-refractivity contribution in [2.45, 2.75) is 13.3 Å². The van der Waals surface area contributed by atoms with Crippen LogP contribution in [0.5, 0.6) is 0 Å². The minimum absolute atomic E-state index is 0.136. The molecule has 0 unspecified atom stereocenters. The summed E-state index contributed by atoms with van der Waals surface area (Å²) >= 11 is 17.2. The van der Waals surface area contributed by atoms with Gasteiger partial charge in [0.2, 0.25) is 0 Å². The molecule has 15 heavy (non-hydrogen) atoms. The van der Waals surface area contributed by atoms with E-state index in [0.29, 0.717) is 18.2 Å². The molecule has 0 bridgehead atoms. The molecule has 0 saturated heterocycles. The Bertz CT molecular complexity index is 335. The summed E-state index contributed by atoms with van der Waals surface area (Å²) in [6, 6.07) is 4.78. The summed E-state index contributed by atoms with van der Waals surface area (Å²) < 4.78 is 13.2. The van der Waals surface area contributed by atoms with E-state index in [1.54, 1.807) is 12.1 Å². The maximum Gasteiger partial charge on any atom is 0.142 e. The fourth-order valence-corrected chi connectivity index (χ4v) is 1.86. The smallest absolute Gasteiger partial charge is 0.142 e. The molecule has 0 radical (unpaired) electrons. The van der Waals surface area contributed by atoms with Crippen LogP contribution in [0.4, 0.5) is 4.39 Å². The molecule has 0 nitrogen and oxygen atoms in total. The number of hydrogen-bond donors (Lipinski definition) is 0. The van der Waals surface area contributed by atoms with E-state index in [-0.39, 0.29) is 10.4 Å². The van der Waals surface area contributed by atoms with E-state index in [0.717, 1.165) is 5.56 Å². The molecule has 1 rings (SSSR count). The summed E-state index contributed by atoms with van der Waals surface area (Å²) in [5, 5.41) is 0.136. The number of halogens is 4. The van der Waals surface area contributed by atoms with Crippen LogP contribution in [0.1, 0.15) is 12.5 Å². The lowest BCUT2D eigenvalue weighted by molar-refractivity contribution is 0.424. The Kier molecular flexibility index (Phi) is 4.69. The molecule has 1 aromatic rings. The highest BCUT2D eigenvalue weighted by Gasteiger charge is 2.22. The van der Waals surface area contributed by atoms with Crippen molar-refractivity contribution in [2.24, 2.45) is 5.41 Å². The topological polar surface area (TPSA) is 0 Å². The van der Waals surface area contributed by atoms with E-state index in [1.807, 2.05) is 6.92 Å². The maximum absolute atomic E-state index is 13.2. The summed E-state index contributed by atoms with van der Waals surface area (Å²) in [5.74, 6) is 0.488. The van der Waals surface area contributed by atoms with Crippen molar-refractivity contribution in [3.8, 4) is 0 Å². The van der Waals surface area contributed by atoms with Gasteiger partial charge in [0.15, 0.2) is 0 Å². The minimum atomic E-state index is -0.402. The van der Waals surface area contributed by atoms with Crippen molar-refractivity contribution in [3.63, 3.8) is 0 Å². The van der Waals surface area contributed by atoms with Gasteiger partial charge in [-0.1, -0.05) is 24.6 Å². The molecule has 0 amide bonds. The molecule has 4 heteroatoms. The molecule has 0 spiro atoms. The molecule has 0 aromatic heterocycles. The fourth-order valence-electron chi connectivity index (χ4n) is 1.27. The second kappa shape index (κ2) is 5.38. The molecule has 0 fully saturated rings. The van der Waals surface area contributed by atoms with E-state index >= 15 is 0 Å². The average Bonchev–Trinajstić information content (AvgIpc) is 2.23. The molecule has 0 saturated carbocycles. The standard InChI is InChI=1S/C11H12Cl3F/c1-11(6-12,7-13)5-8-2-3-9(14)10(15)4-8/h2-4H,5-7H2,1H3. The van der Waals surface area contributed by atoms with E-state index < -0.39 is 5.82 Å². The van der Waals surface area contributed by atoms with Crippen molar-refractivity contribution in [1.29, 1.82) is 0 Å². The van der Waals surface area contributed by atoms with Gasteiger partial charge in [-0.05, 0) is 29.5 Å². The van der Waals surface area contributed by atoms with Crippen LogP contribution in [0.2, 0.25) is 5.02 Å². The SMILES string of the molecule is CC(CCl)(CCl)Cc1ccc(Cl)c(F)c1. The first-order valence-corrected chi connectivity index (χ1v) is 6.01. The van der Waals surface area contributed by atoms with Gasteiger partial charge in [0.25, 0.3) is 0 Å². The van der Waals surface area contributed by atoms with Crippen molar-refractivity contribution < 1.29 is 4.39 Å². The van der Waals surface area contributed by atoms with Crippen LogP contribution in [0, 0.1) is 11.2 Å². The van der Waals surface area contributed by atoms with Gasteiger partial charge in [-0.2, -0.15) is 0 Å². The summed E-state index contributed by atoms with van der Waals surface area (Å²) in [4.78, 5) is 0. The van der Waals surface area contributed by atoms with Crippen molar-refractivity contribution in [1.82, 2.24) is 0 Å².